The van der Waals surface area contributed by atoms with Gasteiger partial charge in [0.1, 0.15) is 28.7 Å². The van der Waals surface area contributed by atoms with Gasteiger partial charge in [-0.05, 0) is 65.7 Å². The first kappa shape index (κ1) is 21.2. The maximum atomic E-state index is 13.1. The van der Waals surface area contributed by atoms with Crippen LogP contribution in [-0.4, -0.2) is 10.2 Å². The molecule has 0 saturated carbocycles. The van der Waals surface area contributed by atoms with Crippen molar-refractivity contribution in [2.45, 2.75) is 26.7 Å². The lowest BCUT2D eigenvalue weighted by Gasteiger charge is -2.26. The van der Waals surface area contributed by atoms with E-state index in [-0.39, 0.29) is 27.9 Å². The Bertz CT molecular complexity index is 1640. The normalized spacial score (nSPS) is 14.6. The van der Waals surface area contributed by atoms with Crippen LogP contribution in [-0.2, 0) is 6.42 Å². The van der Waals surface area contributed by atoms with Gasteiger partial charge in [0, 0.05) is 12.1 Å². The number of hydrogen-bond acceptors (Lipinski definition) is 4. The molecular weight excluding hydrogens is 436 g/mol. The Morgan fingerprint density at radius 2 is 1.51 bits per heavy atom. The summed E-state index contributed by atoms with van der Waals surface area (Å²) < 4.78 is 5.59. The van der Waals surface area contributed by atoms with Crippen molar-refractivity contribution in [3.63, 3.8) is 0 Å². The van der Waals surface area contributed by atoms with E-state index in [1.54, 1.807) is 0 Å². The molecule has 4 aromatic rings. The fourth-order valence-corrected chi connectivity index (χ4v) is 5.27. The van der Waals surface area contributed by atoms with Crippen LogP contribution < -0.4 is 5.43 Å². The Hall–Kier alpha value is -4.31. The van der Waals surface area contributed by atoms with Gasteiger partial charge in [-0.25, -0.2) is 0 Å². The Balaban J connectivity index is 1.46. The molecular formula is C31H24O4. The van der Waals surface area contributed by atoms with Gasteiger partial charge >= 0.3 is 0 Å². The smallest absolute Gasteiger partial charge is 0.204 e. The van der Waals surface area contributed by atoms with Crippen LogP contribution in [0.3, 0.4) is 0 Å². The zero-order valence-electron chi connectivity index (χ0n) is 19.6. The number of rotatable bonds is 1. The molecule has 0 saturated heterocycles. The van der Waals surface area contributed by atoms with Crippen molar-refractivity contribution in [2.75, 3.05) is 0 Å². The minimum Gasteiger partial charge on any atom is -0.508 e. The van der Waals surface area contributed by atoms with Crippen molar-refractivity contribution in [2.24, 2.45) is 0 Å². The van der Waals surface area contributed by atoms with E-state index in [4.69, 9.17) is 4.42 Å². The highest BCUT2D eigenvalue weighted by molar-refractivity contribution is 5.92. The first-order valence-electron chi connectivity index (χ1n) is 11.7. The van der Waals surface area contributed by atoms with E-state index in [9.17, 15) is 15.0 Å². The third-order valence-corrected chi connectivity index (χ3v) is 6.92. The summed E-state index contributed by atoms with van der Waals surface area (Å²) in [5.74, 6) is -0.447. The van der Waals surface area contributed by atoms with Crippen LogP contribution in [0.15, 0.2) is 87.8 Å². The molecule has 0 fully saturated rings. The predicted molar refractivity (Wildman–Crippen MR) is 139 cm³/mol. The zero-order chi connectivity index (χ0) is 24.3. The third-order valence-electron chi connectivity index (χ3n) is 6.92. The maximum Gasteiger partial charge on any atom is 0.204 e. The highest BCUT2D eigenvalue weighted by Gasteiger charge is 2.24. The number of allylic oxidation sites excluding steroid dienone is 5. The first-order valence-corrected chi connectivity index (χ1v) is 11.7. The second-order valence-corrected chi connectivity index (χ2v) is 9.41. The van der Waals surface area contributed by atoms with Crippen LogP contribution in [0.2, 0.25) is 0 Å². The van der Waals surface area contributed by atoms with Gasteiger partial charge in [0.25, 0.3) is 0 Å². The van der Waals surface area contributed by atoms with Gasteiger partial charge in [-0.2, -0.15) is 0 Å². The van der Waals surface area contributed by atoms with Crippen molar-refractivity contribution in [3.8, 4) is 11.5 Å². The number of fused-ring (bicyclic) bond motifs is 3. The molecule has 3 aromatic carbocycles. The zero-order valence-corrected chi connectivity index (χ0v) is 19.6. The van der Waals surface area contributed by atoms with Gasteiger partial charge < -0.3 is 14.6 Å². The monoisotopic (exact) mass is 460 g/mol. The van der Waals surface area contributed by atoms with Gasteiger partial charge in [0.2, 0.25) is 5.43 Å². The standard InChI is InChI=1S/C31H24O4/c1-17-3-9-24-21(11-17)13-22-12-18(2)4-10-25(22)29(24)20-7-5-19(6-8-20)26-16-35-28-15-23(32)14-27(33)30(28)31(26)34/h3-7,9-12,14-16,32-33H,8,13H2,1-2H3. The Morgan fingerprint density at radius 3 is 2.14 bits per heavy atom. The van der Waals surface area contributed by atoms with E-state index in [0.717, 1.165) is 18.1 Å². The Morgan fingerprint density at radius 1 is 0.829 bits per heavy atom. The van der Waals surface area contributed by atoms with Gasteiger partial charge in [0.15, 0.2) is 0 Å². The minimum atomic E-state index is -0.324. The topological polar surface area (TPSA) is 70.7 Å². The largest absolute Gasteiger partial charge is 0.508 e. The molecule has 0 amide bonds. The van der Waals surface area contributed by atoms with E-state index in [1.807, 2.05) is 12.2 Å². The van der Waals surface area contributed by atoms with Crippen LogP contribution in [0.25, 0.3) is 22.1 Å². The van der Waals surface area contributed by atoms with Crippen molar-refractivity contribution >= 4 is 22.1 Å². The van der Waals surface area contributed by atoms with Gasteiger partial charge in [-0.3, -0.25) is 4.79 Å². The lowest BCUT2D eigenvalue weighted by atomic mass is 9.77. The molecule has 4 heteroatoms. The number of phenols is 2. The quantitative estimate of drug-likeness (QED) is 0.297. The van der Waals surface area contributed by atoms with Gasteiger partial charge in [-0.1, -0.05) is 65.8 Å². The highest BCUT2D eigenvalue weighted by atomic mass is 16.3. The predicted octanol–water partition coefficient (Wildman–Crippen LogP) is 6.57. The molecule has 0 radical (unpaired) electrons. The summed E-state index contributed by atoms with van der Waals surface area (Å²) in [7, 11) is 0. The van der Waals surface area contributed by atoms with Crippen LogP contribution in [0.1, 0.15) is 45.4 Å². The summed E-state index contributed by atoms with van der Waals surface area (Å²) in [5, 5.41) is 20.0. The van der Waals surface area contributed by atoms with Crippen molar-refractivity contribution in [1.82, 2.24) is 0 Å². The SMILES string of the molecule is Cc1ccc2c(c1)Cc1cc(C)ccc1C2=C1C=CC(c2coc3cc(O)cc(O)c3c2=O)=CC1. The van der Waals surface area contributed by atoms with Crippen molar-refractivity contribution in [3.05, 3.63) is 128 Å². The number of aromatic hydroxyl groups is 2. The van der Waals surface area contributed by atoms with Crippen molar-refractivity contribution in [1.29, 1.82) is 0 Å². The van der Waals surface area contributed by atoms with Gasteiger partial charge in [-0.15, -0.1) is 0 Å². The number of hydrogen-bond donors (Lipinski definition) is 2. The van der Waals surface area contributed by atoms with Crippen molar-refractivity contribution < 1.29 is 14.6 Å². The molecule has 0 unspecified atom stereocenters. The summed E-state index contributed by atoms with van der Waals surface area (Å²) in [6.45, 7) is 4.26. The maximum absolute atomic E-state index is 13.1. The van der Waals surface area contributed by atoms with E-state index < -0.39 is 0 Å². The molecule has 4 nitrogen and oxygen atoms in total. The third kappa shape index (κ3) is 3.50. The fraction of sp³-hybridized carbons (Fsp3) is 0.129. The second kappa shape index (κ2) is 7.88. The highest BCUT2D eigenvalue weighted by Crippen LogP contribution is 2.41. The summed E-state index contributed by atoms with van der Waals surface area (Å²) in [6.07, 6.45) is 9.05. The lowest BCUT2D eigenvalue weighted by molar-refractivity contribution is 0.452. The van der Waals surface area contributed by atoms with E-state index in [0.29, 0.717) is 12.0 Å². The molecule has 0 spiro atoms. The molecule has 0 bridgehead atoms. The molecule has 2 aliphatic carbocycles. The summed E-state index contributed by atoms with van der Waals surface area (Å²) in [5.41, 5.74) is 11.1. The number of aryl methyl sites for hydroxylation is 2. The Labute approximate surface area is 202 Å². The minimum absolute atomic E-state index is 0.0691. The molecule has 0 aliphatic heterocycles. The summed E-state index contributed by atoms with van der Waals surface area (Å²) >= 11 is 0. The van der Waals surface area contributed by atoms with E-state index in [1.165, 1.54) is 56.9 Å². The number of benzene rings is 3. The average Bonchev–Trinajstić information content (AvgIpc) is 2.82. The van der Waals surface area contributed by atoms with Crippen LogP contribution >= 0.6 is 0 Å². The lowest BCUT2D eigenvalue weighted by Crippen LogP contribution is -2.11. The van der Waals surface area contributed by atoms with Crippen LogP contribution in [0.5, 0.6) is 11.5 Å². The average molecular weight is 461 g/mol. The molecule has 0 atom stereocenters. The van der Waals surface area contributed by atoms with Gasteiger partial charge in [0.05, 0.1) is 5.56 Å². The van der Waals surface area contributed by atoms with E-state index in [2.05, 4.69) is 56.3 Å². The summed E-state index contributed by atoms with van der Waals surface area (Å²) in [6, 6.07) is 15.8. The molecule has 2 N–H and O–H groups in total. The molecule has 6 rings (SSSR count). The molecule has 35 heavy (non-hydrogen) atoms. The summed E-state index contributed by atoms with van der Waals surface area (Å²) in [4.78, 5) is 13.1. The second-order valence-electron chi connectivity index (χ2n) is 9.41. The number of phenolic OH excluding ortho intramolecular Hbond substituents is 2. The van der Waals surface area contributed by atoms with Crippen LogP contribution in [0, 0.1) is 13.8 Å². The first-order chi connectivity index (χ1) is 16.9. The molecule has 2 aliphatic rings. The molecule has 1 heterocycles. The molecule has 172 valence electrons. The molecule has 1 aromatic heterocycles. The fourth-order valence-electron chi connectivity index (χ4n) is 5.27. The Kier molecular flexibility index (Phi) is 4.78. The van der Waals surface area contributed by atoms with E-state index >= 15 is 0 Å². The van der Waals surface area contributed by atoms with Crippen LogP contribution in [0.4, 0.5) is 0 Å².